The van der Waals surface area contributed by atoms with Gasteiger partial charge in [-0.2, -0.15) is 12.1 Å². The number of halogens is 2. The Morgan fingerprint density at radius 1 is 0.821 bits per heavy atom. The van der Waals surface area contributed by atoms with Crippen LogP contribution in [0, 0.1) is 35.5 Å². The van der Waals surface area contributed by atoms with Crippen LogP contribution in [0.3, 0.4) is 0 Å². The Morgan fingerprint density at radius 3 is 2.07 bits per heavy atom. The van der Waals surface area contributed by atoms with E-state index in [1.165, 1.54) is 63.5 Å². The Kier molecular flexibility index (Phi) is 7.84. The van der Waals surface area contributed by atoms with Gasteiger partial charge in [0.05, 0.1) is 0 Å². The standard InChI is InChI=1S/C25H29F2.Y/c1-17-5-7-18(8-6-17)19-9-11-20(12-10-19)21-13-14-24(25(27)16-21)22-3-2-4-23(26)15-22;/h2-3,13-20H,5-12H2,1H3;/q-1;. The van der Waals surface area contributed by atoms with E-state index in [1.807, 2.05) is 12.1 Å². The Morgan fingerprint density at radius 2 is 1.46 bits per heavy atom. The van der Waals surface area contributed by atoms with Crippen LogP contribution >= 0.6 is 0 Å². The first-order valence-electron chi connectivity index (χ1n) is 10.6. The van der Waals surface area contributed by atoms with Crippen molar-refractivity contribution in [1.82, 2.24) is 0 Å². The molecule has 0 atom stereocenters. The first-order valence-corrected chi connectivity index (χ1v) is 10.6. The molecule has 2 aromatic rings. The molecule has 4 rings (SSSR count). The van der Waals surface area contributed by atoms with Crippen LogP contribution in [-0.2, 0) is 32.7 Å². The SMILES string of the molecule is CC1CCC(C2CCC(c3ccc(-c4cc[c-]c(F)c4)c(F)c3)CC2)CC1.[Y]. The van der Waals surface area contributed by atoms with Crippen molar-refractivity contribution in [2.24, 2.45) is 17.8 Å². The van der Waals surface area contributed by atoms with E-state index in [1.54, 1.807) is 12.1 Å². The van der Waals surface area contributed by atoms with Crippen molar-refractivity contribution < 1.29 is 41.5 Å². The first-order chi connectivity index (χ1) is 13.1. The van der Waals surface area contributed by atoms with Gasteiger partial charge in [-0.25, -0.2) is 8.78 Å². The third-order valence-electron chi connectivity index (χ3n) is 7.04. The van der Waals surface area contributed by atoms with Crippen LogP contribution in [0.5, 0.6) is 0 Å². The third-order valence-corrected chi connectivity index (χ3v) is 7.04. The molecule has 0 aromatic heterocycles. The molecule has 2 fully saturated rings. The summed E-state index contributed by atoms with van der Waals surface area (Å²) in [7, 11) is 0. The molecule has 2 saturated carbocycles. The van der Waals surface area contributed by atoms with E-state index in [4.69, 9.17) is 0 Å². The van der Waals surface area contributed by atoms with Crippen molar-refractivity contribution in [2.75, 3.05) is 0 Å². The quantitative estimate of drug-likeness (QED) is 0.419. The molecular formula is C25H29F2Y-. The van der Waals surface area contributed by atoms with Gasteiger partial charge in [0.2, 0.25) is 0 Å². The molecule has 2 aliphatic rings. The van der Waals surface area contributed by atoms with Crippen LogP contribution in [0.25, 0.3) is 11.1 Å². The fourth-order valence-electron chi connectivity index (χ4n) is 5.31. The van der Waals surface area contributed by atoms with Gasteiger partial charge in [0.25, 0.3) is 0 Å². The van der Waals surface area contributed by atoms with E-state index >= 15 is 0 Å². The monoisotopic (exact) mass is 456 g/mol. The van der Waals surface area contributed by atoms with Gasteiger partial charge >= 0.3 is 0 Å². The molecule has 28 heavy (non-hydrogen) atoms. The first kappa shape index (κ1) is 22.1. The van der Waals surface area contributed by atoms with Gasteiger partial charge < -0.3 is 0 Å². The number of benzene rings is 2. The Labute approximate surface area is 193 Å². The molecule has 0 aliphatic heterocycles. The maximum Gasteiger partial charge on any atom is 0.129 e. The molecule has 0 spiro atoms. The molecule has 3 heteroatoms. The van der Waals surface area contributed by atoms with Gasteiger partial charge in [-0.15, -0.1) is 17.7 Å². The van der Waals surface area contributed by atoms with Crippen molar-refractivity contribution in [3.63, 3.8) is 0 Å². The summed E-state index contributed by atoms with van der Waals surface area (Å²) in [5, 5.41) is 0. The Balaban J connectivity index is 0.00000225. The number of hydrogen-bond acceptors (Lipinski definition) is 0. The number of rotatable bonds is 3. The van der Waals surface area contributed by atoms with Crippen LogP contribution in [-0.4, -0.2) is 0 Å². The summed E-state index contributed by atoms with van der Waals surface area (Å²) in [4.78, 5) is 0. The maximum atomic E-state index is 14.7. The largest absolute Gasteiger partial charge is 0.236 e. The van der Waals surface area contributed by atoms with Crippen LogP contribution in [0.15, 0.2) is 36.4 Å². The van der Waals surface area contributed by atoms with Gasteiger partial charge in [-0.05, 0) is 79.4 Å². The summed E-state index contributed by atoms with van der Waals surface area (Å²) in [5.41, 5.74) is 2.15. The predicted molar refractivity (Wildman–Crippen MR) is 106 cm³/mol. The second kappa shape index (κ2) is 9.94. The maximum absolute atomic E-state index is 14.7. The van der Waals surface area contributed by atoms with Crippen LogP contribution in [0.1, 0.15) is 69.8 Å². The molecule has 2 aliphatic carbocycles. The average molecular weight is 456 g/mol. The second-order valence-corrected chi connectivity index (χ2v) is 8.80. The Bertz CT molecular complexity index is 772. The van der Waals surface area contributed by atoms with Crippen molar-refractivity contribution in [3.8, 4) is 11.1 Å². The average Bonchev–Trinajstić information content (AvgIpc) is 2.69. The minimum Gasteiger partial charge on any atom is -0.236 e. The van der Waals surface area contributed by atoms with E-state index in [-0.39, 0.29) is 38.5 Å². The fourth-order valence-corrected chi connectivity index (χ4v) is 5.31. The summed E-state index contributed by atoms with van der Waals surface area (Å²) in [6, 6.07) is 12.6. The molecule has 0 unspecified atom stereocenters. The molecule has 0 nitrogen and oxygen atoms in total. The van der Waals surface area contributed by atoms with E-state index in [9.17, 15) is 8.78 Å². The molecule has 0 heterocycles. The smallest absolute Gasteiger partial charge is 0.129 e. The van der Waals surface area contributed by atoms with E-state index in [0.717, 1.165) is 23.3 Å². The molecule has 0 amide bonds. The van der Waals surface area contributed by atoms with Crippen molar-refractivity contribution in [1.29, 1.82) is 0 Å². The van der Waals surface area contributed by atoms with Crippen molar-refractivity contribution in [3.05, 3.63) is 59.7 Å². The number of hydrogen-bond donors (Lipinski definition) is 0. The van der Waals surface area contributed by atoms with Crippen LogP contribution in [0.2, 0.25) is 0 Å². The minimum atomic E-state index is -0.452. The molecule has 1 radical (unpaired) electrons. The predicted octanol–water partition coefficient (Wildman–Crippen LogP) is 7.53. The van der Waals surface area contributed by atoms with Gasteiger partial charge in [0.1, 0.15) is 5.82 Å². The normalized spacial score (nSPS) is 27.8. The zero-order valence-electron chi connectivity index (χ0n) is 16.8. The molecule has 147 valence electrons. The van der Waals surface area contributed by atoms with Crippen molar-refractivity contribution >= 4 is 0 Å². The topological polar surface area (TPSA) is 0 Å². The molecule has 0 N–H and O–H groups in total. The fraction of sp³-hybridized carbons (Fsp3) is 0.520. The molecule has 2 aromatic carbocycles. The summed E-state index contributed by atoms with van der Waals surface area (Å²) in [5.74, 6) is 2.48. The second-order valence-electron chi connectivity index (χ2n) is 8.80. The van der Waals surface area contributed by atoms with Gasteiger partial charge in [0, 0.05) is 38.5 Å². The van der Waals surface area contributed by atoms with Gasteiger partial charge in [0.15, 0.2) is 0 Å². The summed E-state index contributed by atoms with van der Waals surface area (Å²) >= 11 is 0. The summed E-state index contributed by atoms with van der Waals surface area (Å²) < 4.78 is 28.1. The molecule has 0 saturated heterocycles. The summed E-state index contributed by atoms with van der Waals surface area (Å²) in [6.45, 7) is 2.38. The van der Waals surface area contributed by atoms with Crippen LogP contribution in [0.4, 0.5) is 8.78 Å². The Hall–Kier alpha value is -0.596. The van der Waals surface area contributed by atoms with Gasteiger partial charge in [-0.3, -0.25) is 0 Å². The zero-order chi connectivity index (χ0) is 18.8. The van der Waals surface area contributed by atoms with E-state index in [0.29, 0.717) is 17.0 Å². The van der Waals surface area contributed by atoms with E-state index in [2.05, 4.69) is 13.0 Å². The van der Waals surface area contributed by atoms with Gasteiger partial charge in [-0.1, -0.05) is 31.9 Å². The third kappa shape index (κ3) is 5.11. The van der Waals surface area contributed by atoms with Crippen molar-refractivity contribution in [2.45, 2.75) is 64.2 Å². The molecule has 0 bridgehead atoms. The zero-order valence-corrected chi connectivity index (χ0v) is 19.6. The van der Waals surface area contributed by atoms with E-state index < -0.39 is 5.82 Å². The molecular weight excluding hydrogens is 427 g/mol. The summed E-state index contributed by atoms with van der Waals surface area (Å²) in [6.07, 6.45) is 10.5. The van der Waals surface area contributed by atoms with Crippen LogP contribution < -0.4 is 0 Å². The minimum absolute atomic E-state index is 0.